The molecule has 0 N–H and O–H groups in total. The van der Waals surface area contributed by atoms with E-state index in [1.165, 1.54) is 4.90 Å². The molecule has 6 heteroatoms. The van der Waals surface area contributed by atoms with Crippen molar-refractivity contribution in [3.8, 4) is 0 Å². The number of pyridine rings is 1. The SMILES string of the molecule is Cc1ccc2oc3c(c(=O)c2c1)C(c1cccc(Br)c1)N(c1ccccn1)C3=O. The number of rotatable bonds is 2. The van der Waals surface area contributed by atoms with Gasteiger partial charge in [-0.2, -0.15) is 0 Å². The number of benzene rings is 2. The standard InChI is InChI=1S/C23H15BrN2O3/c1-13-8-9-17-16(11-13)21(27)19-20(14-5-4-6-15(24)12-14)26(23(28)22(19)29-17)18-7-2-3-10-25-18/h2-12,20H,1H3. The molecule has 1 amide bonds. The molecule has 0 radical (unpaired) electrons. The van der Waals surface area contributed by atoms with Gasteiger partial charge in [0.1, 0.15) is 11.4 Å². The first-order valence-electron chi connectivity index (χ1n) is 9.12. The van der Waals surface area contributed by atoms with E-state index in [1.54, 1.807) is 30.5 Å². The number of hydrogen-bond donors (Lipinski definition) is 0. The normalized spacial score (nSPS) is 15.7. The zero-order valence-electron chi connectivity index (χ0n) is 15.4. The van der Waals surface area contributed by atoms with Crippen molar-refractivity contribution in [3.05, 3.63) is 104 Å². The summed E-state index contributed by atoms with van der Waals surface area (Å²) in [5.41, 5.74) is 2.31. The van der Waals surface area contributed by atoms with Crippen LogP contribution in [0.25, 0.3) is 11.0 Å². The molecule has 1 atom stereocenters. The Morgan fingerprint density at radius 3 is 2.66 bits per heavy atom. The molecular formula is C23H15BrN2O3. The number of nitrogens with zero attached hydrogens (tertiary/aromatic N) is 2. The molecule has 1 aliphatic heterocycles. The number of halogens is 1. The Bertz CT molecular complexity index is 1330. The minimum Gasteiger partial charge on any atom is -0.450 e. The second kappa shape index (κ2) is 6.67. The summed E-state index contributed by atoms with van der Waals surface area (Å²) in [6.45, 7) is 1.92. The van der Waals surface area contributed by atoms with Gasteiger partial charge in [-0.1, -0.05) is 45.8 Å². The van der Waals surface area contributed by atoms with Crippen molar-refractivity contribution in [1.82, 2.24) is 4.98 Å². The van der Waals surface area contributed by atoms with Crippen LogP contribution in [0.4, 0.5) is 5.82 Å². The summed E-state index contributed by atoms with van der Waals surface area (Å²) in [5, 5.41) is 0.472. The molecule has 0 bridgehead atoms. The molecule has 5 nitrogen and oxygen atoms in total. The van der Waals surface area contributed by atoms with E-state index in [-0.39, 0.29) is 17.1 Å². The summed E-state index contributed by atoms with van der Waals surface area (Å²) in [6, 6.07) is 17.7. The Hall–Kier alpha value is -3.25. The molecule has 0 spiro atoms. The molecule has 1 aliphatic rings. The van der Waals surface area contributed by atoms with Crippen LogP contribution in [0.1, 0.15) is 33.3 Å². The quantitative estimate of drug-likeness (QED) is 0.434. The number of fused-ring (bicyclic) bond motifs is 2. The highest BCUT2D eigenvalue weighted by molar-refractivity contribution is 9.10. The lowest BCUT2D eigenvalue weighted by atomic mass is 9.98. The fraction of sp³-hybridized carbons (Fsp3) is 0.0870. The molecule has 0 saturated heterocycles. The zero-order chi connectivity index (χ0) is 20.1. The van der Waals surface area contributed by atoms with Crippen molar-refractivity contribution >= 4 is 38.6 Å². The van der Waals surface area contributed by atoms with Crippen LogP contribution < -0.4 is 10.3 Å². The van der Waals surface area contributed by atoms with Crippen molar-refractivity contribution < 1.29 is 9.21 Å². The molecule has 29 heavy (non-hydrogen) atoms. The number of anilines is 1. The van der Waals surface area contributed by atoms with Gasteiger partial charge in [0, 0.05) is 10.7 Å². The molecule has 2 aromatic carbocycles. The molecule has 1 unspecified atom stereocenters. The van der Waals surface area contributed by atoms with Crippen LogP contribution in [0.5, 0.6) is 0 Å². The van der Waals surface area contributed by atoms with Crippen molar-refractivity contribution in [2.45, 2.75) is 13.0 Å². The topological polar surface area (TPSA) is 63.4 Å². The number of amides is 1. The summed E-state index contributed by atoms with van der Waals surface area (Å²) >= 11 is 3.49. The third-order valence-corrected chi connectivity index (χ3v) is 5.58. The van der Waals surface area contributed by atoms with Crippen LogP contribution in [0, 0.1) is 6.92 Å². The van der Waals surface area contributed by atoms with Gasteiger partial charge in [0.05, 0.1) is 17.0 Å². The van der Waals surface area contributed by atoms with Gasteiger partial charge < -0.3 is 4.42 Å². The van der Waals surface area contributed by atoms with Gasteiger partial charge in [0.2, 0.25) is 5.76 Å². The predicted molar refractivity (Wildman–Crippen MR) is 114 cm³/mol. The Balaban J connectivity index is 1.84. The molecule has 5 rings (SSSR count). The third kappa shape index (κ3) is 2.79. The van der Waals surface area contributed by atoms with E-state index in [4.69, 9.17) is 4.42 Å². The van der Waals surface area contributed by atoms with Crippen LogP contribution in [-0.2, 0) is 0 Å². The van der Waals surface area contributed by atoms with Gasteiger partial charge in [-0.25, -0.2) is 4.98 Å². The fourth-order valence-corrected chi connectivity index (χ4v) is 4.23. The van der Waals surface area contributed by atoms with Gasteiger partial charge >= 0.3 is 0 Å². The number of carbonyl (C=O) groups excluding carboxylic acids is 1. The van der Waals surface area contributed by atoms with E-state index in [0.29, 0.717) is 22.4 Å². The molecule has 4 aromatic rings. The second-order valence-electron chi connectivity index (χ2n) is 6.99. The van der Waals surface area contributed by atoms with Gasteiger partial charge in [-0.15, -0.1) is 0 Å². The molecule has 0 saturated carbocycles. The highest BCUT2D eigenvalue weighted by Crippen LogP contribution is 2.40. The van der Waals surface area contributed by atoms with Crippen molar-refractivity contribution in [1.29, 1.82) is 0 Å². The molecule has 0 fully saturated rings. The van der Waals surface area contributed by atoms with Gasteiger partial charge in [-0.3, -0.25) is 14.5 Å². The Morgan fingerprint density at radius 2 is 1.90 bits per heavy atom. The summed E-state index contributed by atoms with van der Waals surface area (Å²) in [6.07, 6.45) is 1.62. The lowest BCUT2D eigenvalue weighted by molar-refractivity contribution is 0.0970. The Kier molecular flexibility index (Phi) is 4.10. The highest BCUT2D eigenvalue weighted by Gasteiger charge is 2.44. The van der Waals surface area contributed by atoms with Gasteiger partial charge in [-0.05, 0) is 48.9 Å². The highest BCUT2D eigenvalue weighted by atomic mass is 79.9. The van der Waals surface area contributed by atoms with E-state index in [2.05, 4.69) is 20.9 Å². The largest absolute Gasteiger partial charge is 0.450 e. The van der Waals surface area contributed by atoms with Crippen LogP contribution >= 0.6 is 15.9 Å². The molecule has 2 aromatic heterocycles. The summed E-state index contributed by atoms with van der Waals surface area (Å²) in [7, 11) is 0. The summed E-state index contributed by atoms with van der Waals surface area (Å²) < 4.78 is 6.81. The smallest absolute Gasteiger partial charge is 0.296 e. The predicted octanol–water partition coefficient (Wildman–Crippen LogP) is 5.01. The molecule has 3 heterocycles. The van der Waals surface area contributed by atoms with Crippen molar-refractivity contribution in [2.75, 3.05) is 4.90 Å². The number of aromatic nitrogens is 1. The molecular weight excluding hydrogens is 432 g/mol. The number of aryl methyl sites for hydroxylation is 1. The lowest BCUT2D eigenvalue weighted by Crippen LogP contribution is -2.30. The minimum atomic E-state index is -0.619. The van der Waals surface area contributed by atoms with Crippen molar-refractivity contribution in [2.24, 2.45) is 0 Å². The van der Waals surface area contributed by atoms with E-state index in [9.17, 15) is 9.59 Å². The van der Waals surface area contributed by atoms with E-state index in [0.717, 1.165) is 15.6 Å². The Morgan fingerprint density at radius 1 is 1.03 bits per heavy atom. The minimum absolute atomic E-state index is 0.0713. The zero-order valence-corrected chi connectivity index (χ0v) is 17.0. The van der Waals surface area contributed by atoms with E-state index >= 15 is 0 Å². The molecule has 142 valence electrons. The Labute approximate surface area is 174 Å². The number of hydrogen-bond acceptors (Lipinski definition) is 4. The maximum absolute atomic E-state index is 13.5. The van der Waals surface area contributed by atoms with Crippen LogP contribution in [0.3, 0.4) is 0 Å². The molecule has 0 aliphatic carbocycles. The summed E-state index contributed by atoms with van der Waals surface area (Å²) in [4.78, 5) is 32.7. The first-order chi connectivity index (χ1) is 14.0. The fourth-order valence-electron chi connectivity index (χ4n) is 3.81. The van der Waals surface area contributed by atoms with Gasteiger partial charge in [0.15, 0.2) is 5.43 Å². The van der Waals surface area contributed by atoms with Crippen molar-refractivity contribution in [3.63, 3.8) is 0 Å². The first kappa shape index (κ1) is 17.8. The number of carbonyl (C=O) groups is 1. The maximum Gasteiger partial charge on any atom is 0.296 e. The lowest BCUT2D eigenvalue weighted by Gasteiger charge is -2.24. The van der Waals surface area contributed by atoms with E-state index < -0.39 is 6.04 Å². The van der Waals surface area contributed by atoms with Crippen LogP contribution in [0.2, 0.25) is 0 Å². The maximum atomic E-state index is 13.5. The third-order valence-electron chi connectivity index (χ3n) is 5.09. The average Bonchev–Trinajstić information content (AvgIpc) is 3.02. The second-order valence-corrected chi connectivity index (χ2v) is 7.91. The van der Waals surface area contributed by atoms with Gasteiger partial charge in [0.25, 0.3) is 5.91 Å². The summed E-state index contributed by atoms with van der Waals surface area (Å²) in [5.74, 6) is 0.166. The van der Waals surface area contributed by atoms with Crippen LogP contribution in [-0.4, -0.2) is 10.9 Å². The average molecular weight is 447 g/mol. The van der Waals surface area contributed by atoms with E-state index in [1.807, 2.05) is 43.3 Å². The monoisotopic (exact) mass is 446 g/mol. The first-order valence-corrected chi connectivity index (χ1v) is 9.91. The van der Waals surface area contributed by atoms with Crippen LogP contribution in [0.15, 0.2) is 80.5 Å².